The van der Waals surface area contributed by atoms with E-state index in [4.69, 9.17) is 9.47 Å². The molecule has 0 aliphatic heterocycles. The second-order valence-corrected chi connectivity index (χ2v) is 6.68. The van der Waals surface area contributed by atoms with Crippen LogP contribution in [-0.2, 0) is 25.6 Å². The van der Waals surface area contributed by atoms with E-state index in [1.807, 2.05) is 13.8 Å². The van der Waals surface area contributed by atoms with Gasteiger partial charge in [-0.05, 0) is 12.8 Å². The molecule has 1 rings (SSSR count). The van der Waals surface area contributed by atoms with Crippen LogP contribution in [0.4, 0.5) is 0 Å². The Kier molecular flexibility index (Phi) is 6.82. The van der Waals surface area contributed by atoms with Crippen LogP contribution in [0, 0.1) is 5.92 Å². The third kappa shape index (κ3) is 6.02. The van der Waals surface area contributed by atoms with Crippen molar-refractivity contribution in [2.45, 2.75) is 27.3 Å². The van der Waals surface area contributed by atoms with Gasteiger partial charge in [-0.2, -0.15) is 13.5 Å². The molecule has 9 heteroatoms. The van der Waals surface area contributed by atoms with Gasteiger partial charge in [0.2, 0.25) is 5.88 Å². The zero-order valence-corrected chi connectivity index (χ0v) is 14.1. The lowest BCUT2D eigenvalue weighted by atomic mass is 10.2. The van der Waals surface area contributed by atoms with Crippen LogP contribution in [0.15, 0.2) is 6.20 Å². The van der Waals surface area contributed by atoms with Crippen molar-refractivity contribution >= 4 is 16.1 Å². The van der Waals surface area contributed by atoms with Crippen molar-refractivity contribution in [2.24, 2.45) is 5.92 Å². The lowest BCUT2D eigenvalue weighted by Gasteiger charge is -2.12. The quantitative estimate of drug-likeness (QED) is 0.492. The number of esters is 1. The van der Waals surface area contributed by atoms with Gasteiger partial charge in [0.05, 0.1) is 38.8 Å². The fraction of sp³-hybridized carbons (Fsp3) is 0.692. The fourth-order valence-corrected chi connectivity index (χ4v) is 1.93. The van der Waals surface area contributed by atoms with Crippen LogP contribution in [0.5, 0.6) is 5.88 Å². The van der Waals surface area contributed by atoms with Gasteiger partial charge in [0.25, 0.3) is 10.1 Å². The minimum Gasteiger partial charge on any atom is -0.477 e. The second-order valence-electron chi connectivity index (χ2n) is 5.04. The number of hydrogen-bond acceptors (Lipinski definition) is 7. The van der Waals surface area contributed by atoms with Crippen molar-refractivity contribution in [2.75, 3.05) is 26.1 Å². The molecule has 0 amide bonds. The van der Waals surface area contributed by atoms with E-state index in [9.17, 15) is 13.2 Å². The van der Waals surface area contributed by atoms with E-state index < -0.39 is 16.1 Å². The van der Waals surface area contributed by atoms with Gasteiger partial charge >= 0.3 is 5.97 Å². The molecule has 0 saturated carbocycles. The Balaban J connectivity index is 2.88. The van der Waals surface area contributed by atoms with E-state index in [0.29, 0.717) is 6.61 Å². The Bertz CT molecular complexity index is 594. The lowest BCUT2D eigenvalue weighted by molar-refractivity contribution is 0.0520. The number of carbonyl (C=O) groups is 1. The van der Waals surface area contributed by atoms with E-state index in [-0.39, 0.29) is 37.1 Å². The third-order valence-corrected chi connectivity index (χ3v) is 3.04. The zero-order chi connectivity index (χ0) is 16.8. The van der Waals surface area contributed by atoms with Gasteiger partial charge in [0.15, 0.2) is 0 Å². The van der Waals surface area contributed by atoms with E-state index in [2.05, 4.69) is 9.28 Å². The highest BCUT2D eigenvalue weighted by Crippen LogP contribution is 2.20. The summed E-state index contributed by atoms with van der Waals surface area (Å²) in [4.78, 5) is 11.9. The van der Waals surface area contributed by atoms with Crippen LogP contribution in [0.2, 0.25) is 0 Å². The van der Waals surface area contributed by atoms with E-state index in [1.165, 1.54) is 10.9 Å². The number of ether oxygens (including phenoxy) is 2. The predicted molar refractivity (Wildman–Crippen MR) is 79.3 cm³/mol. The smallest absolute Gasteiger partial charge is 0.345 e. The number of rotatable bonds is 9. The molecule has 0 aliphatic carbocycles. The molecule has 0 bridgehead atoms. The highest BCUT2D eigenvalue weighted by Gasteiger charge is 2.20. The maximum atomic E-state index is 11.9. The van der Waals surface area contributed by atoms with E-state index in [1.54, 1.807) is 6.92 Å². The van der Waals surface area contributed by atoms with Crippen molar-refractivity contribution in [3.63, 3.8) is 0 Å². The standard InChI is InChI=1S/C13H22N2O6S/c1-5-19-13(16)11-8-14-15(6-7-21-22(4,17)18)12(11)20-9-10(2)3/h8,10H,5-7,9H2,1-4H3. The molecule has 1 aromatic heterocycles. The molecule has 0 N–H and O–H groups in total. The molecule has 0 spiro atoms. The Morgan fingerprint density at radius 2 is 2.09 bits per heavy atom. The first-order valence-corrected chi connectivity index (χ1v) is 8.76. The van der Waals surface area contributed by atoms with Gasteiger partial charge in [-0.25, -0.2) is 9.48 Å². The highest BCUT2D eigenvalue weighted by molar-refractivity contribution is 7.85. The summed E-state index contributed by atoms with van der Waals surface area (Å²) in [7, 11) is -3.52. The molecule has 0 unspecified atom stereocenters. The van der Waals surface area contributed by atoms with Crippen LogP contribution in [0.1, 0.15) is 31.1 Å². The van der Waals surface area contributed by atoms with Gasteiger partial charge in [0.1, 0.15) is 5.56 Å². The number of aromatic nitrogens is 2. The van der Waals surface area contributed by atoms with Crippen molar-refractivity contribution in [1.29, 1.82) is 0 Å². The lowest BCUT2D eigenvalue weighted by Crippen LogP contribution is -2.16. The van der Waals surface area contributed by atoms with E-state index >= 15 is 0 Å². The summed E-state index contributed by atoms with van der Waals surface area (Å²) in [5, 5.41) is 4.03. The Hall–Kier alpha value is -1.61. The summed E-state index contributed by atoms with van der Waals surface area (Å²) < 4.78 is 38.5. The van der Waals surface area contributed by atoms with Crippen molar-refractivity contribution < 1.29 is 26.9 Å². The van der Waals surface area contributed by atoms with Crippen molar-refractivity contribution in [1.82, 2.24) is 9.78 Å². The summed E-state index contributed by atoms with van der Waals surface area (Å²) in [5.74, 6) is -0.0218. The maximum absolute atomic E-state index is 11.9. The van der Waals surface area contributed by atoms with Crippen LogP contribution in [-0.4, -0.2) is 50.2 Å². The fourth-order valence-electron chi connectivity index (χ4n) is 1.56. The summed E-state index contributed by atoms with van der Waals surface area (Å²) in [5.41, 5.74) is 0.210. The number of nitrogens with zero attached hydrogens (tertiary/aromatic N) is 2. The monoisotopic (exact) mass is 334 g/mol. The molecule has 22 heavy (non-hydrogen) atoms. The Morgan fingerprint density at radius 1 is 1.41 bits per heavy atom. The van der Waals surface area contributed by atoms with Crippen molar-refractivity contribution in [3.8, 4) is 5.88 Å². The van der Waals surface area contributed by atoms with Crippen LogP contribution < -0.4 is 4.74 Å². The maximum Gasteiger partial charge on any atom is 0.345 e. The van der Waals surface area contributed by atoms with Gasteiger partial charge < -0.3 is 9.47 Å². The SMILES string of the molecule is CCOC(=O)c1cnn(CCOS(C)(=O)=O)c1OCC(C)C. The van der Waals surface area contributed by atoms with E-state index in [0.717, 1.165) is 6.26 Å². The molecular weight excluding hydrogens is 312 g/mol. The molecule has 8 nitrogen and oxygen atoms in total. The predicted octanol–water partition coefficient (Wildman–Crippen LogP) is 1.07. The average Bonchev–Trinajstić information content (AvgIpc) is 2.78. The molecule has 126 valence electrons. The topological polar surface area (TPSA) is 96.7 Å². The average molecular weight is 334 g/mol. The summed E-state index contributed by atoms with van der Waals surface area (Å²) in [6.07, 6.45) is 2.31. The molecule has 0 fully saturated rings. The zero-order valence-electron chi connectivity index (χ0n) is 13.2. The molecule has 0 atom stereocenters. The van der Waals surface area contributed by atoms with Gasteiger partial charge in [-0.1, -0.05) is 13.8 Å². The first kappa shape index (κ1) is 18.4. The molecular formula is C13H22N2O6S. The van der Waals surface area contributed by atoms with Gasteiger partial charge in [-0.15, -0.1) is 0 Å². The number of carbonyl (C=O) groups excluding carboxylic acids is 1. The molecule has 0 aliphatic rings. The minimum absolute atomic E-state index is 0.0964. The van der Waals surface area contributed by atoms with Crippen LogP contribution >= 0.6 is 0 Å². The van der Waals surface area contributed by atoms with Crippen LogP contribution in [0.25, 0.3) is 0 Å². The molecule has 0 saturated heterocycles. The normalized spacial score (nSPS) is 11.7. The van der Waals surface area contributed by atoms with Gasteiger partial charge in [-0.3, -0.25) is 4.18 Å². The first-order chi connectivity index (χ1) is 10.2. The minimum atomic E-state index is -3.52. The third-order valence-electron chi connectivity index (χ3n) is 2.44. The summed E-state index contributed by atoms with van der Waals surface area (Å²) >= 11 is 0. The number of hydrogen-bond donors (Lipinski definition) is 0. The van der Waals surface area contributed by atoms with Crippen molar-refractivity contribution in [3.05, 3.63) is 11.8 Å². The highest BCUT2D eigenvalue weighted by atomic mass is 32.2. The molecule has 0 radical (unpaired) electrons. The molecule has 0 aromatic carbocycles. The Labute approximate surface area is 130 Å². The first-order valence-electron chi connectivity index (χ1n) is 6.94. The Morgan fingerprint density at radius 3 is 2.64 bits per heavy atom. The van der Waals surface area contributed by atoms with Crippen LogP contribution in [0.3, 0.4) is 0 Å². The molecule has 1 heterocycles. The summed E-state index contributed by atoms with van der Waals surface area (Å²) in [6.45, 7) is 6.32. The summed E-state index contributed by atoms with van der Waals surface area (Å²) in [6, 6.07) is 0. The van der Waals surface area contributed by atoms with Gasteiger partial charge in [0, 0.05) is 0 Å². The molecule has 1 aromatic rings. The largest absolute Gasteiger partial charge is 0.477 e. The second kappa shape index (κ2) is 8.14.